The van der Waals surface area contributed by atoms with Crippen molar-refractivity contribution in [2.24, 2.45) is 0 Å². The number of methoxy groups -OCH3 is 1. The summed E-state index contributed by atoms with van der Waals surface area (Å²) in [6, 6.07) is 13.4. The fourth-order valence-corrected chi connectivity index (χ4v) is 2.34. The highest BCUT2D eigenvalue weighted by Crippen LogP contribution is 2.36. The van der Waals surface area contributed by atoms with Crippen LogP contribution in [0.2, 0.25) is 0 Å². The molecule has 0 aliphatic carbocycles. The van der Waals surface area contributed by atoms with Crippen molar-refractivity contribution in [2.75, 3.05) is 18.6 Å². The van der Waals surface area contributed by atoms with Gasteiger partial charge in [-0.1, -0.05) is 11.8 Å². The lowest BCUT2D eigenvalue weighted by Crippen LogP contribution is -1.90. The van der Waals surface area contributed by atoms with E-state index in [1.165, 1.54) is 0 Å². The standard InChI is InChI=1S/C13H14N2OS/c1-16-12-8-10(15)4-7-13(12)17-11-5-2-9(14)3-6-11/h2-8H,14-15H2,1H3. The molecular weight excluding hydrogens is 232 g/mol. The predicted octanol–water partition coefficient (Wildman–Crippen LogP) is 3.01. The Balaban J connectivity index is 2.26. The molecule has 0 aromatic heterocycles. The average molecular weight is 246 g/mol. The van der Waals surface area contributed by atoms with Crippen molar-refractivity contribution in [3.05, 3.63) is 42.5 Å². The van der Waals surface area contributed by atoms with E-state index in [0.29, 0.717) is 5.69 Å². The van der Waals surface area contributed by atoms with E-state index in [2.05, 4.69) is 0 Å². The molecule has 2 aromatic carbocycles. The van der Waals surface area contributed by atoms with E-state index in [1.807, 2.05) is 42.5 Å². The molecule has 88 valence electrons. The molecule has 0 radical (unpaired) electrons. The van der Waals surface area contributed by atoms with E-state index >= 15 is 0 Å². The Morgan fingerprint density at radius 2 is 1.59 bits per heavy atom. The van der Waals surface area contributed by atoms with Gasteiger partial charge in [0.1, 0.15) is 5.75 Å². The lowest BCUT2D eigenvalue weighted by Gasteiger charge is -2.08. The van der Waals surface area contributed by atoms with Crippen LogP contribution in [0.4, 0.5) is 11.4 Å². The zero-order chi connectivity index (χ0) is 12.3. The molecule has 0 fully saturated rings. The van der Waals surface area contributed by atoms with Gasteiger partial charge in [0, 0.05) is 22.3 Å². The summed E-state index contributed by atoms with van der Waals surface area (Å²) < 4.78 is 5.30. The van der Waals surface area contributed by atoms with Gasteiger partial charge in [0.2, 0.25) is 0 Å². The Morgan fingerprint density at radius 1 is 0.941 bits per heavy atom. The van der Waals surface area contributed by atoms with Crippen LogP contribution in [0.3, 0.4) is 0 Å². The first-order valence-corrected chi connectivity index (χ1v) is 5.97. The van der Waals surface area contributed by atoms with Crippen molar-refractivity contribution in [1.82, 2.24) is 0 Å². The minimum absolute atomic E-state index is 0.698. The molecule has 0 aliphatic rings. The number of hydrogen-bond acceptors (Lipinski definition) is 4. The minimum atomic E-state index is 0.698. The van der Waals surface area contributed by atoms with Gasteiger partial charge in [-0.25, -0.2) is 0 Å². The van der Waals surface area contributed by atoms with Gasteiger partial charge in [0.15, 0.2) is 0 Å². The fraction of sp³-hybridized carbons (Fsp3) is 0.0769. The maximum atomic E-state index is 5.71. The molecule has 4 N–H and O–H groups in total. The molecule has 0 amide bonds. The predicted molar refractivity (Wildman–Crippen MR) is 72.4 cm³/mol. The Morgan fingerprint density at radius 3 is 2.24 bits per heavy atom. The first kappa shape index (κ1) is 11.7. The normalized spacial score (nSPS) is 10.2. The Kier molecular flexibility index (Phi) is 3.44. The maximum Gasteiger partial charge on any atom is 0.134 e. The average Bonchev–Trinajstić information content (AvgIpc) is 2.34. The molecular formula is C13H14N2OS. The van der Waals surface area contributed by atoms with Gasteiger partial charge >= 0.3 is 0 Å². The lowest BCUT2D eigenvalue weighted by atomic mass is 10.3. The van der Waals surface area contributed by atoms with Crippen LogP contribution in [-0.4, -0.2) is 7.11 Å². The zero-order valence-corrected chi connectivity index (χ0v) is 10.3. The van der Waals surface area contributed by atoms with Gasteiger partial charge in [-0.05, 0) is 36.4 Å². The third-order valence-corrected chi connectivity index (χ3v) is 3.36. The second-order valence-electron chi connectivity index (χ2n) is 3.58. The summed E-state index contributed by atoms with van der Waals surface area (Å²) in [6.07, 6.45) is 0. The molecule has 0 aliphatic heterocycles. The number of nitrogens with two attached hydrogens (primary N) is 2. The molecule has 0 unspecified atom stereocenters. The minimum Gasteiger partial charge on any atom is -0.495 e. The number of rotatable bonds is 3. The molecule has 17 heavy (non-hydrogen) atoms. The van der Waals surface area contributed by atoms with Crippen molar-refractivity contribution in [3.8, 4) is 5.75 Å². The highest BCUT2D eigenvalue weighted by atomic mass is 32.2. The summed E-state index contributed by atoms with van der Waals surface area (Å²) in [5, 5.41) is 0. The van der Waals surface area contributed by atoms with Crippen molar-refractivity contribution < 1.29 is 4.74 Å². The number of hydrogen-bond donors (Lipinski definition) is 2. The monoisotopic (exact) mass is 246 g/mol. The number of nitrogen functional groups attached to an aromatic ring is 2. The molecule has 3 nitrogen and oxygen atoms in total. The van der Waals surface area contributed by atoms with E-state index in [0.717, 1.165) is 21.2 Å². The van der Waals surface area contributed by atoms with Gasteiger partial charge in [0.25, 0.3) is 0 Å². The van der Waals surface area contributed by atoms with Gasteiger partial charge in [-0.3, -0.25) is 0 Å². The number of benzene rings is 2. The number of anilines is 2. The molecule has 2 rings (SSSR count). The summed E-state index contributed by atoms with van der Waals surface area (Å²) in [7, 11) is 1.64. The van der Waals surface area contributed by atoms with Gasteiger partial charge in [-0.2, -0.15) is 0 Å². The molecule has 0 bridgehead atoms. The third-order valence-electron chi connectivity index (χ3n) is 2.30. The summed E-state index contributed by atoms with van der Waals surface area (Å²) in [6.45, 7) is 0. The van der Waals surface area contributed by atoms with E-state index in [-0.39, 0.29) is 0 Å². The van der Waals surface area contributed by atoms with Crippen LogP contribution in [0.25, 0.3) is 0 Å². The van der Waals surface area contributed by atoms with Gasteiger partial charge < -0.3 is 16.2 Å². The summed E-state index contributed by atoms with van der Waals surface area (Å²) in [5.74, 6) is 0.784. The molecule has 0 saturated heterocycles. The SMILES string of the molecule is COc1cc(N)ccc1Sc1ccc(N)cc1. The van der Waals surface area contributed by atoms with E-state index < -0.39 is 0 Å². The molecule has 2 aromatic rings. The molecule has 0 spiro atoms. The first-order valence-electron chi connectivity index (χ1n) is 5.16. The first-order chi connectivity index (χ1) is 8.19. The third kappa shape index (κ3) is 2.85. The second-order valence-corrected chi connectivity index (χ2v) is 4.70. The van der Waals surface area contributed by atoms with Crippen molar-refractivity contribution >= 4 is 23.1 Å². The summed E-state index contributed by atoms with van der Waals surface area (Å²) in [5.41, 5.74) is 12.8. The Labute approximate surface area is 105 Å². The Bertz CT molecular complexity index is 511. The van der Waals surface area contributed by atoms with Crippen LogP contribution in [0, 0.1) is 0 Å². The summed E-state index contributed by atoms with van der Waals surface area (Å²) >= 11 is 1.62. The molecule has 0 saturated carbocycles. The van der Waals surface area contributed by atoms with Crippen molar-refractivity contribution in [1.29, 1.82) is 0 Å². The quantitative estimate of drug-likeness (QED) is 0.817. The van der Waals surface area contributed by atoms with Crippen molar-refractivity contribution in [2.45, 2.75) is 9.79 Å². The maximum absolute atomic E-state index is 5.71. The van der Waals surface area contributed by atoms with Crippen LogP contribution in [-0.2, 0) is 0 Å². The van der Waals surface area contributed by atoms with Crippen LogP contribution in [0.5, 0.6) is 5.75 Å². The molecule has 4 heteroatoms. The molecule has 0 atom stereocenters. The smallest absolute Gasteiger partial charge is 0.134 e. The second kappa shape index (κ2) is 5.01. The number of ether oxygens (including phenoxy) is 1. The summed E-state index contributed by atoms with van der Waals surface area (Å²) in [4.78, 5) is 2.15. The highest BCUT2D eigenvalue weighted by Gasteiger charge is 2.05. The van der Waals surface area contributed by atoms with Crippen LogP contribution in [0.15, 0.2) is 52.3 Å². The van der Waals surface area contributed by atoms with E-state index in [1.54, 1.807) is 18.9 Å². The Hall–Kier alpha value is -1.81. The van der Waals surface area contributed by atoms with Crippen LogP contribution in [0.1, 0.15) is 0 Å². The highest BCUT2D eigenvalue weighted by molar-refractivity contribution is 7.99. The van der Waals surface area contributed by atoms with Crippen LogP contribution >= 0.6 is 11.8 Å². The van der Waals surface area contributed by atoms with Crippen molar-refractivity contribution in [3.63, 3.8) is 0 Å². The zero-order valence-electron chi connectivity index (χ0n) is 9.51. The molecule has 0 heterocycles. The van der Waals surface area contributed by atoms with Gasteiger partial charge in [-0.15, -0.1) is 0 Å². The largest absolute Gasteiger partial charge is 0.495 e. The lowest BCUT2D eigenvalue weighted by molar-refractivity contribution is 0.405. The van der Waals surface area contributed by atoms with Gasteiger partial charge in [0.05, 0.1) is 12.0 Å². The van der Waals surface area contributed by atoms with E-state index in [4.69, 9.17) is 16.2 Å². The van der Waals surface area contributed by atoms with E-state index in [9.17, 15) is 0 Å². The van der Waals surface area contributed by atoms with Crippen LogP contribution < -0.4 is 16.2 Å². The topological polar surface area (TPSA) is 61.3 Å². The fourth-order valence-electron chi connectivity index (χ4n) is 1.43.